The van der Waals surface area contributed by atoms with Gasteiger partial charge >= 0.3 is 0 Å². The molecule has 5 rings (SSSR count). The largest absolute Gasteiger partial charge is 0.384 e. The van der Waals surface area contributed by atoms with Crippen molar-refractivity contribution in [2.75, 3.05) is 36.5 Å². The van der Waals surface area contributed by atoms with Crippen molar-refractivity contribution in [1.29, 1.82) is 0 Å². The summed E-state index contributed by atoms with van der Waals surface area (Å²) in [6, 6.07) is 2.17. The van der Waals surface area contributed by atoms with E-state index in [1.165, 1.54) is 6.20 Å². The van der Waals surface area contributed by atoms with Crippen LogP contribution in [-0.4, -0.2) is 61.7 Å². The summed E-state index contributed by atoms with van der Waals surface area (Å²) in [6.45, 7) is 8.47. The van der Waals surface area contributed by atoms with Crippen LogP contribution in [0.2, 0.25) is 0 Å². The van der Waals surface area contributed by atoms with Gasteiger partial charge in [0.15, 0.2) is 5.65 Å². The third-order valence-electron chi connectivity index (χ3n) is 6.85. The van der Waals surface area contributed by atoms with Crippen molar-refractivity contribution in [3.63, 3.8) is 0 Å². The van der Waals surface area contributed by atoms with E-state index in [2.05, 4.69) is 22.2 Å². The predicted octanol–water partition coefficient (Wildman–Crippen LogP) is 2.99. The van der Waals surface area contributed by atoms with Crippen molar-refractivity contribution in [3.8, 4) is 0 Å². The van der Waals surface area contributed by atoms with E-state index in [0.29, 0.717) is 35.8 Å². The molecule has 2 N–H and O–H groups in total. The lowest BCUT2D eigenvalue weighted by molar-refractivity contribution is 0.0730. The van der Waals surface area contributed by atoms with E-state index in [4.69, 9.17) is 14.8 Å². The number of amides is 1. The van der Waals surface area contributed by atoms with Gasteiger partial charge in [0.05, 0.1) is 31.1 Å². The zero-order valence-corrected chi connectivity index (χ0v) is 20.1. The SMILES string of the molecule is CC(C)(O)c1nn([C@H]2CC[C@H](C)CC2)cc1NC(=O)c1cnn2ccc(N3CCOCC3)nc12. The van der Waals surface area contributed by atoms with Gasteiger partial charge in [-0.1, -0.05) is 6.92 Å². The fourth-order valence-electron chi connectivity index (χ4n) is 4.81. The Labute approximate surface area is 198 Å². The van der Waals surface area contributed by atoms with Gasteiger partial charge in [-0.25, -0.2) is 9.50 Å². The highest BCUT2D eigenvalue weighted by atomic mass is 16.5. The summed E-state index contributed by atoms with van der Waals surface area (Å²) in [4.78, 5) is 20.2. The molecule has 0 unspecified atom stereocenters. The quantitative estimate of drug-likeness (QED) is 0.594. The zero-order chi connectivity index (χ0) is 23.9. The molecule has 1 amide bonds. The van der Waals surface area contributed by atoms with E-state index in [1.54, 1.807) is 18.4 Å². The molecule has 0 bridgehead atoms. The maximum Gasteiger partial charge on any atom is 0.261 e. The molecule has 10 nitrogen and oxygen atoms in total. The van der Waals surface area contributed by atoms with Crippen LogP contribution in [0.25, 0.3) is 5.65 Å². The number of carbonyl (C=O) groups excluding carboxylic acids is 1. The first-order chi connectivity index (χ1) is 16.3. The first kappa shape index (κ1) is 22.8. The van der Waals surface area contributed by atoms with Crippen LogP contribution in [-0.2, 0) is 10.3 Å². The Morgan fingerprint density at radius 1 is 1.21 bits per heavy atom. The summed E-state index contributed by atoms with van der Waals surface area (Å²) in [5, 5.41) is 22.7. The summed E-state index contributed by atoms with van der Waals surface area (Å²) in [7, 11) is 0. The maximum atomic E-state index is 13.3. The molecule has 0 aromatic carbocycles. The van der Waals surface area contributed by atoms with Gasteiger partial charge in [-0.05, 0) is 51.5 Å². The van der Waals surface area contributed by atoms with Crippen LogP contribution < -0.4 is 10.2 Å². The first-order valence-corrected chi connectivity index (χ1v) is 12.1. The molecule has 3 aromatic rings. The zero-order valence-electron chi connectivity index (χ0n) is 20.1. The number of nitrogens with zero attached hydrogens (tertiary/aromatic N) is 6. The minimum absolute atomic E-state index is 0.276. The molecular weight excluding hydrogens is 434 g/mol. The number of nitrogens with one attached hydrogen (secondary N) is 1. The van der Waals surface area contributed by atoms with Crippen LogP contribution in [0.3, 0.4) is 0 Å². The molecular formula is C24H33N7O3. The van der Waals surface area contributed by atoms with Gasteiger partial charge < -0.3 is 20.1 Å². The lowest BCUT2D eigenvalue weighted by Crippen LogP contribution is -2.36. The lowest BCUT2D eigenvalue weighted by Gasteiger charge is -2.27. The fraction of sp³-hybridized carbons (Fsp3) is 0.583. The van der Waals surface area contributed by atoms with Crippen LogP contribution in [0.15, 0.2) is 24.7 Å². The smallest absolute Gasteiger partial charge is 0.261 e. The van der Waals surface area contributed by atoms with Crippen molar-refractivity contribution < 1.29 is 14.6 Å². The number of aromatic nitrogens is 5. The minimum Gasteiger partial charge on any atom is -0.384 e. The van der Waals surface area contributed by atoms with Gasteiger partial charge in [0.25, 0.3) is 5.91 Å². The van der Waals surface area contributed by atoms with Crippen molar-refractivity contribution in [3.05, 3.63) is 35.9 Å². The van der Waals surface area contributed by atoms with Crippen LogP contribution in [0.1, 0.15) is 68.5 Å². The predicted molar refractivity (Wildman–Crippen MR) is 128 cm³/mol. The molecule has 1 aliphatic carbocycles. The van der Waals surface area contributed by atoms with Gasteiger partial charge in [0, 0.05) is 25.5 Å². The molecule has 2 aliphatic rings. The van der Waals surface area contributed by atoms with Gasteiger partial charge in [-0.3, -0.25) is 9.48 Å². The number of ether oxygens (including phenoxy) is 1. The minimum atomic E-state index is -1.20. The van der Waals surface area contributed by atoms with Crippen LogP contribution >= 0.6 is 0 Å². The van der Waals surface area contributed by atoms with Gasteiger partial charge in [-0.2, -0.15) is 10.2 Å². The van der Waals surface area contributed by atoms with Gasteiger partial charge in [-0.15, -0.1) is 0 Å². The van der Waals surface area contributed by atoms with Crippen molar-refractivity contribution >= 4 is 23.1 Å². The Balaban J connectivity index is 1.42. The van der Waals surface area contributed by atoms with E-state index in [0.717, 1.165) is 50.5 Å². The number of aliphatic hydroxyl groups is 1. The molecule has 1 saturated carbocycles. The number of anilines is 2. The van der Waals surface area contributed by atoms with E-state index >= 15 is 0 Å². The number of hydrogen-bond acceptors (Lipinski definition) is 7. The monoisotopic (exact) mass is 467 g/mol. The maximum absolute atomic E-state index is 13.3. The molecule has 10 heteroatoms. The second-order valence-electron chi connectivity index (χ2n) is 10.0. The fourth-order valence-corrected chi connectivity index (χ4v) is 4.81. The Bertz CT molecular complexity index is 1170. The molecule has 1 aliphatic heterocycles. The third kappa shape index (κ3) is 4.52. The first-order valence-electron chi connectivity index (χ1n) is 12.1. The standard InChI is InChI=1S/C24H33N7O3/c1-16-4-6-17(7-5-16)31-15-19(21(28-31)24(2,3)33)26-23(32)18-14-25-30-9-8-20(27-22(18)30)29-10-12-34-13-11-29/h8-9,14-17,33H,4-7,10-13H2,1-3H3,(H,26,32)/t16-,17-. The highest BCUT2D eigenvalue weighted by molar-refractivity contribution is 6.08. The molecule has 34 heavy (non-hydrogen) atoms. The van der Waals surface area contributed by atoms with Crippen molar-refractivity contribution in [1.82, 2.24) is 24.4 Å². The molecule has 2 fully saturated rings. The Morgan fingerprint density at radius 2 is 1.94 bits per heavy atom. The summed E-state index contributed by atoms with van der Waals surface area (Å²) in [5.74, 6) is 1.19. The highest BCUT2D eigenvalue weighted by Crippen LogP contribution is 2.35. The Hall–Kier alpha value is -2.98. The normalized spacial score (nSPS) is 21.7. The van der Waals surface area contributed by atoms with E-state index in [-0.39, 0.29) is 11.9 Å². The molecule has 182 valence electrons. The number of morpholine rings is 1. The van der Waals surface area contributed by atoms with Gasteiger partial charge in [0.1, 0.15) is 22.7 Å². The molecule has 1 saturated heterocycles. The Morgan fingerprint density at radius 3 is 2.65 bits per heavy atom. The summed E-state index contributed by atoms with van der Waals surface area (Å²) >= 11 is 0. The molecule has 0 spiro atoms. The van der Waals surface area contributed by atoms with Crippen LogP contribution in [0, 0.1) is 5.92 Å². The lowest BCUT2D eigenvalue weighted by atomic mass is 9.87. The third-order valence-corrected chi connectivity index (χ3v) is 6.85. The van der Waals surface area contributed by atoms with Crippen molar-refractivity contribution in [2.24, 2.45) is 5.92 Å². The number of carbonyl (C=O) groups is 1. The average molecular weight is 468 g/mol. The molecule has 0 radical (unpaired) electrons. The second kappa shape index (κ2) is 8.99. The summed E-state index contributed by atoms with van der Waals surface area (Å²) < 4.78 is 8.95. The van der Waals surface area contributed by atoms with E-state index in [9.17, 15) is 9.90 Å². The highest BCUT2D eigenvalue weighted by Gasteiger charge is 2.29. The van der Waals surface area contributed by atoms with E-state index in [1.807, 2.05) is 23.1 Å². The second-order valence-corrected chi connectivity index (χ2v) is 10.0. The molecule has 3 aromatic heterocycles. The Kier molecular flexibility index (Phi) is 6.03. The van der Waals surface area contributed by atoms with E-state index < -0.39 is 5.60 Å². The van der Waals surface area contributed by atoms with Crippen LogP contribution in [0.4, 0.5) is 11.5 Å². The molecule has 0 atom stereocenters. The summed E-state index contributed by atoms with van der Waals surface area (Å²) in [6.07, 6.45) is 9.59. The topological polar surface area (TPSA) is 110 Å². The average Bonchev–Trinajstić information content (AvgIpc) is 3.44. The molecule has 4 heterocycles. The number of rotatable bonds is 5. The van der Waals surface area contributed by atoms with Crippen LogP contribution in [0.5, 0.6) is 0 Å². The number of hydrogen-bond donors (Lipinski definition) is 2. The number of fused-ring (bicyclic) bond motifs is 1. The van der Waals surface area contributed by atoms with Gasteiger partial charge in [0.2, 0.25) is 0 Å². The summed E-state index contributed by atoms with van der Waals surface area (Å²) in [5.41, 5.74) is 0.632. The van der Waals surface area contributed by atoms with Crippen molar-refractivity contribution in [2.45, 2.75) is 58.1 Å².